The van der Waals surface area contributed by atoms with Gasteiger partial charge in [-0.1, -0.05) is 30.3 Å². The Bertz CT molecular complexity index is 1230. The van der Waals surface area contributed by atoms with E-state index in [1.54, 1.807) is 4.90 Å². The second-order valence-electron chi connectivity index (χ2n) is 7.83. The van der Waals surface area contributed by atoms with Crippen LogP contribution in [-0.2, 0) is 13.0 Å². The summed E-state index contributed by atoms with van der Waals surface area (Å²) < 4.78 is 11.4. The lowest BCUT2D eigenvalue weighted by atomic mass is 10.1. The zero-order chi connectivity index (χ0) is 20.1. The molecular formula is C23H23N3O3. The van der Waals surface area contributed by atoms with Crippen molar-refractivity contribution in [3.8, 4) is 0 Å². The van der Waals surface area contributed by atoms with Gasteiger partial charge in [0, 0.05) is 42.6 Å². The third-order valence-corrected chi connectivity index (χ3v) is 5.71. The molecule has 3 heterocycles. The fourth-order valence-electron chi connectivity index (χ4n) is 3.99. The number of nitrogens with zero attached hydrogens (tertiary/aromatic N) is 3. The number of benzene rings is 1. The van der Waals surface area contributed by atoms with Crippen LogP contribution in [0.2, 0.25) is 0 Å². The molecule has 1 fully saturated rings. The minimum Gasteiger partial charge on any atom is -0.461 e. The van der Waals surface area contributed by atoms with E-state index in [1.165, 1.54) is 0 Å². The van der Waals surface area contributed by atoms with Crippen LogP contribution in [0.5, 0.6) is 0 Å². The number of fused-ring (bicyclic) bond motifs is 2. The highest BCUT2D eigenvalue weighted by Crippen LogP contribution is 2.40. The summed E-state index contributed by atoms with van der Waals surface area (Å²) in [6, 6.07) is 9.90. The number of hydrogen-bond donors (Lipinski definition) is 0. The third-order valence-electron chi connectivity index (χ3n) is 5.71. The van der Waals surface area contributed by atoms with Crippen molar-refractivity contribution in [2.75, 3.05) is 7.05 Å². The number of para-hydroxylation sites is 1. The molecule has 0 bridgehead atoms. The second-order valence-corrected chi connectivity index (χ2v) is 7.83. The monoisotopic (exact) mass is 389 g/mol. The summed E-state index contributed by atoms with van der Waals surface area (Å²) in [6.45, 7) is 4.39. The lowest BCUT2D eigenvalue weighted by Crippen LogP contribution is -2.27. The highest BCUT2D eigenvalue weighted by Gasteiger charge is 2.29. The molecule has 6 heteroatoms. The van der Waals surface area contributed by atoms with Crippen LogP contribution in [0.15, 0.2) is 39.3 Å². The molecule has 0 saturated heterocycles. The minimum absolute atomic E-state index is 0.0575. The van der Waals surface area contributed by atoms with Crippen LogP contribution in [0.1, 0.15) is 58.8 Å². The molecule has 0 spiro atoms. The van der Waals surface area contributed by atoms with Gasteiger partial charge in [-0.25, -0.2) is 4.98 Å². The average Bonchev–Trinajstić information content (AvgIpc) is 3.44. The van der Waals surface area contributed by atoms with Gasteiger partial charge in [0.2, 0.25) is 0 Å². The Kier molecular flexibility index (Phi) is 4.15. The molecule has 3 aromatic heterocycles. The quantitative estimate of drug-likeness (QED) is 0.481. The number of aryl methyl sites for hydroxylation is 2. The van der Waals surface area contributed by atoms with Crippen LogP contribution in [0, 0.1) is 6.92 Å². The van der Waals surface area contributed by atoms with Crippen molar-refractivity contribution >= 4 is 28.0 Å². The Morgan fingerprint density at radius 2 is 2.07 bits per heavy atom. The zero-order valence-corrected chi connectivity index (χ0v) is 16.9. The van der Waals surface area contributed by atoms with Crippen LogP contribution in [-0.4, -0.2) is 28.0 Å². The Morgan fingerprint density at radius 1 is 1.28 bits per heavy atom. The van der Waals surface area contributed by atoms with Gasteiger partial charge in [0.15, 0.2) is 0 Å². The van der Waals surface area contributed by atoms with Crippen LogP contribution < -0.4 is 0 Å². The van der Waals surface area contributed by atoms with E-state index in [1.807, 2.05) is 44.3 Å². The van der Waals surface area contributed by atoms with Gasteiger partial charge in [-0.3, -0.25) is 4.79 Å². The molecule has 1 aliphatic rings. The number of hydrogen-bond acceptors (Lipinski definition) is 5. The summed E-state index contributed by atoms with van der Waals surface area (Å²) in [4.78, 5) is 19.8. The van der Waals surface area contributed by atoms with E-state index in [4.69, 9.17) is 8.94 Å². The first-order valence-electron chi connectivity index (χ1n) is 10.1. The van der Waals surface area contributed by atoms with Gasteiger partial charge < -0.3 is 13.8 Å². The molecule has 4 aromatic rings. The summed E-state index contributed by atoms with van der Waals surface area (Å²) in [5.41, 5.74) is 4.60. The van der Waals surface area contributed by atoms with Gasteiger partial charge in [-0.05, 0) is 31.9 Å². The molecule has 148 valence electrons. The summed E-state index contributed by atoms with van der Waals surface area (Å²) >= 11 is 0. The van der Waals surface area contributed by atoms with Crippen LogP contribution in [0.3, 0.4) is 0 Å². The van der Waals surface area contributed by atoms with Crippen LogP contribution >= 0.6 is 0 Å². The molecule has 29 heavy (non-hydrogen) atoms. The summed E-state index contributed by atoms with van der Waals surface area (Å²) in [5.74, 6) is 1.29. The average molecular weight is 389 g/mol. The van der Waals surface area contributed by atoms with Crippen molar-refractivity contribution in [1.29, 1.82) is 0 Å². The van der Waals surface area contributed by atoms with E-state index >= 15 is 0 Å². The molecule has 6 nitrogen and oxygen atoms in total. The summed E-state index contributed by atoms with van der Waals surface area (Å²) in [5, 5.41) is 5.81. The normalized spacial score (nSPS) is 14.0. The first-order valence-corrected chi connectivity index (χ1v) is 10.1. The predicted octanol–water partition coefficient (Wildman–Crippen LogP) is 4.99. The molecule has 0 aliphatic heterocycles. The number of furan rings is 1. The van der Waals surface area contributed by atoms with E-state index in [0.29, 0.717) is 34.8 Å². The number of pyridine rings is 1. The lowest BCUT2D eigenvalue weighted by Gasteiger charge is -2.18. The van der Waals surface area contributed by atoms with Crippen LogP contribution in [0.25, 0.3) is 22.1 Å². The van der Waals surface area contributed by atoms with Crippen molar-refractivity contribution in [2.45, 2.75) is 45.6 Å². The van der Waals surface area contributed by atoms with E-state index in [-0.39, 0.29) is 5.91 Å². The van der Waals surface area contributed by atoms with Gasteiger partial charge >= 0.3 is 0 Å². The fourth-order valence-corrected chi connectivity index (χ4v) is 3.99. The van der Waals surface area contributed by atoms with Gasteiger partial charge in [0.25, 0.3) is 11.6 Å². The van der Waals surface area contributed by atoms with Crippen molar-refractivity contribution < 1.29 is 13.7 Å². The Morgan fingerprint density at radius 3 is 2.83 bits per heavy atom. The number of carbonyl (C=O) groups excluding carboxylic acids is 1. The van der Waals surface area contributed by atoms with Gasteiger partial charge in [-0.2, -0.15) is 0 Å². The summed E-state index contributed by atoms with van der Waals surface area (Å²) in [7, 11) is 1.83. The highest BCUT2D eigenvalue weighted by molar-refractivity contribution is 6.06. The molecule has 1 amide bonds. The minimum atomic E-state index is -0.0575. The molecule has 5 rings (SSSR count). The number of rotatable bonds is 5. The van der Waals surface area contributed by atoms with Gasteiger partial charge in [0.05, 0.1) is 16.6 Å². The lowest BCUT2D eigenvalue weighted by molar-refractivity contribution is 0.0786. The van der Waals surface area contributed by atoms with Crippen molar-refractivity contribution in [1.82, 2.24) is 15.0 Å². The zero-order valence-electron chi connectivity index (χ0n) is 16.9. The smallest absolute Gasteiger partial charge is 0.259 e. The molecular weight excluding hydrogens is 366 g/mol. The van der Waals surface area contributed by atoms with Crippen LogP contribution in [0.4, 0.5) is 0 Å². The Hall–Kier alpha value is -3.15. The number of carbonyl (C=O) groups is 1. The largest absolute Gasteiger partial charge is 0.461 e. The molecule has 1 aliphatic carbocycles. The number of amides is 1. The van der Waals surface area contributed by atoms with Gasteiger partial charge in [0.1, 0.15) is 11.3 Å². The van der Waals surface area contributed by atoms with E-state index < -0.39 is 0 Å². The molecule has 0 atom stereocenters. The first-order chi connectivity index (χ1) is 14.1. The Labute approximate surface area is 168 Å². The van der Waals surface area contributed by atoms with Crippen molar-refractivity contribution in [3.63, 3.8) is 0 Å². The van der Waals surface area contributed by atoms with Crippen molar-refractivity contribution in [2.24, 2.45) is 0 Å². The second kappa shape index (κ2) is 6.72. The Balaban J connectivity index is 1.54. The summed E-state index contributed by atoms with van der Waals surface area (Å²) in [6.07, 6.45) is 2.99. The maximum atomic E-state index is 13.5. The molecule has 0 radical (unpaired) electrons. The highest BCUT2D eigenvalue weighted by atomic mass is 16.5. The third kappa shape index (κ3) is 2.99. The maximum absolute atomic E-state index is 13.5. The van der Waals surface area contributed by atoms with Gasteiger partial charge in [-0.15, -0.1) is 0 Å². The predicted molar refractivity (Wildman–Crippen MR) is 110 cm³/mol. The molecule has 0 N–H and O–H groups in total. The molecule has 1 aromatic carbocycles. The van der Waals surface area contributed by atoms with Crippen molar-refractivity contribution in [3.05, 3.63) is 58.6 Å². The van der Waals surface area contributed by atoms with E-state index in [0.717, 1.165) is 47.2 Å². The molecule has 1 saturated carbocycles. The standard InChI is InChI=1S/C23H23N3O3/c1-4-19-17(15-7-5-6-8-20(15)28-19)12-26(3)23(27)16-11-18(14-9-10-14)24-22-21(16)13(2)25-29-22/h5-8,11,14H,4,9-10,12H2,1-3H3. The topological polar surface area (TPSA) is 72.4 Å². The van der Waals surface area contributed by atoms with E-state index in [2.05, 4.69) is 17.1 Å². The SMILES string of the molecule is CCc1oc2ccccc2c1CN(C)C(=O)c1cc(C2CC2)nc2onc(C)c12. The first kappa shape index (κ1) is 17.9. The molecule has 0 unspecified atom stereocenters. The fraction of sp³-hybridized carbons (Fsp3) is 0.348. The maximum Gasteiger partial charge on any atom is 0.259 e. The van der Waals surface area contributed by atoms with E-state index in [9.17, 15) is 4.79 Å². The number of aromatic nitrogens is 2.